The standard InChI is InChI=1S/C16H33N3/c1-16(2,3)19-12-10-18(11-13-19)9-5-7-15-6-4-8-17-14-15/h15,17H,4-14H2,1-3H3. The molecule has 19 heavy (non-hydrogen) atoms. The number of nitrogens with zero attached hydrogens (tertiary/aromatic N) is 2. The van der Waals surface area contributed by atoms with Crippen molar-refractivity contribution in [3.8, 4) is 0 Å². The second kappa shape index (κ2) is 7.05. The molecule has 1 atom stereocenters. The first-order chi connectivity index (χ1) is 9.05. The molecule has 3 nitrogen and oxygen atoms in total. The molecule has 0 aliphatic carbocycles. The maximum Gasteiger partial charge on any atom is 0.0126 e. The predicted octanol–water partition coefficient (Wildman–Crippen LogP) is 2.18. The van der Waals surface area contributed by atoms with E-state index in [4.69, 9.17) is 0 Å². The first-order valence-corrected chi connectivity index (χ1v) is 8.24. The number of nitrogens with one attached hydrogen (secondary N) is 1. The average molecular weight is 267 g/mol. The Hall–Kier alpha value is -0.120. The second-order valence-corrected chi connectivity index (χ2v) is 7.35. The molecule has 0 radical (unpaired) electrons. The lowest BCUT2D eigenvalue weighted by atomic mass is 9.94. The Morgan fingerprint density at radius 2 is 1.84 bits per heavy atom. The summed E-state index contributed by atoms with van der Waals surface area (Å²) in [6, 6.07) is 0. The summed E-state index contributed by atoms with van der Waals surface area (Å²) in [5.74, 6) is 0.949. The van der Waals surface area contributed by atoms with Gasteiger partial charge in [-0.2, -0.15) is 0 Å². The second-order valence-electron chi connectivity index (χ2n) is 7.35. The van der Waals surface area contributed by atoms with Crippen LogP contribution in [0.5, 0.6) is 0 Å². The number of rotatable bonds is 4. The maximum absolute atomic E-state index is 3.53. The van der Waals surface area contributed by atoms with Crippen LogP contribution in [0.25, 0.3) is 0 Å². The Morgan fingerprint density at radius 3 is 2.42 bits per heavy atom. The lowest BCUT2D eigenvalue weighted by Gasteiger charge is -2.42. The summed E-state index contributed by atoms with van der Waals surface area (Å²) in [4.78, 5) is 5.28. The van der Waals surface area contributed by atoms with Crippen LogP contribution in [-0.4, -0.2) is 61.2 Å². The molecule has 1 N–H and O–H groups in total. The number of hydrogen-bond acceptors (Lipinski definition) is 3. The minimum atomic E-state index is 0.347. The van der Waals surface area contributed by atoms with Crippen LogP contribution in [0.15, 0.2) is 0 Å². The summed E-state index contributed by atoms with van der Waals surface area (Å²) >= 11 is 0. The molecule has 2 fully saturated rings. The zero-order valence-electron chi connectivity index (χ0n) is 13.2. The van der Waals surface area contributed by atoms with Gasteiger partial charge < -0.3 is 10.2 Å². The first-order valence-electron chi connectivity index (χ1n) is 8.24. The summed E-state index contributed by atoms with van der Waals surface area (Å²) in [6.07, 6.45) is 5.65. The van der Waals surface area contributed by atoms with E-state index in [1.54, 1.807) is 0 Å². The Kier molecular flexibility index (Phi) is 5.67. The fourth-order valence-electron chi connectivity index (χ4n) is 3.42. The number of hydrogen-bond donors (Lipinski definition) is 1. The van der Waals surface area contributed by atoms with Crippen molar-refractivity contribution >= 4 is 0 Å². The average Bonchev–Trinajstić information content (AvgIpc) is 2.39. The number of piperazine rings is 1. The fourth-order valence-corrected chi connectivity index (χ4v) is 3.42. The van der Waals surface area contributed by atoms with Crippen molar-refractivity contribution < 1.29 is 0 Å². The molecule has 0 aromatic rings. The third-order valence-corrected chi connectivity index (χ3v) is 4.81. The molecule has 0 spiro atoms. The zero-order valence-corrected chi connectivity index (χ0v) is 13.2. The molecule has 112 valence electrons. The molecule has 2 aliphatic heterocycles. The Bertz CT molecular complexity index is 245. The van der Waals surface area contributed by atoms with E-state index in [1.165, 1.54) is 71.5 Å². The van der Waals surface area contributed by atoms with Crippen molar-refractivity contribution in [1.29, 1.82) is 0 Å². The summed E-state index contributed by atoms with van der Waals surface area (Å²) in [6.45, 7) is 15.8. The highest BCUT2D eigenvalue weighted by molar-refractivity contribution is 4.82. The maximum atomic E-state index is 3.53. The third kappa shape index (κ3) is 5.05. The summed E-state index contributed by atoms with van der Waals surface area (Å²) in [5.41, 5.74) is 0.347. The molecule has 0 aromatic carbocycles. The molecule has 2 saturated heterocycles. The summed E-state index contributed by atoms with van der Waals surface area (Å²) in [7, 11) is 0. The van der Waals surface area contributed by atoms with Crippen molar-refractivity contribution in [2.45, 2.75) is 52.0 Å². The van der Waals surface area contributed by atoms with E-state index in [1.807, 2.05) is 0 Å². The molecule has 0 saturated carbocycles. The molecule has 1 unspecified atom stereocenters. The van der Waals surface area contributed by atoms with Gasteiger partial charge in [0.15, 0.2) is 0 Å². The van der Waals surface area contributed by atoms with E-state index in [2.05, 4.69) is 35.9 Å². The van der Waals surface area contributed by atoms with E-state index in [0.29, 0.717) is 5.54 Å². The van der Waals surface area contributed by atoms with Gasteiger partial charge in [-0.25, -0.2) is 0 Å². The van der Waals surface area contributed by atoms with Gasteiger partial charge in [-0.3, -0.25) is 4.90 Å². The van der Waals surface area contributed by atoms with Gasteiger partial charge in [0.2, 0.25) is 0 Å². The lowest BCUT2D eigenvalue weighted by molar-refractivity contribution is 0.0610. The molecule has 0 bridgehead atoms. The fraction of sp³-hybridized carbons (Fsp3) is 1.00. The van der Waals surface area contributed by atoms with Crippen LogP contribution in [0.3, 0.4) is 0 Å². The lowest BCUT2D eigenvalue weighted by Crippen LogP contribution is -2.53. The topological polar surface area (TPSA) is 18.5 Å². The van der Waals surface area contributed by atoms with Crippen molar-refractivity contribution in [3.63, 3.8) is 0 Å². The van der Waals surface area contributed by atoms with Gasteiger partial charge in [-0.1, -0.05) is 0 Å². The molecule has 3 heteroatoms. The minimum Gasteiger partial charge on any atom is -0.316 e. The van der Waals surface area contributed by atoms with Crippen LogP contribution in [-0.2, 0) is 0 Å². The van der Waals surface area contributed by atoms with Crippen LogP contribution < -0.4 is 5.32 Å². The monoisotopic (exact) mass is 267 g/mol. The van der Waals surface area contributed by atoms with Crippen molar-refractivity contribution in [1.82, 2.24) is 15.1 Å². The largest absolute Gasteiger partial charge is 0.316 e. The van der Waals surface area contributed by atoms with E-state index in [0.717, 1.165) is 5.92 Å². The Balaban J connectivity index is 1.58. The molecular weight excluding hydrogens is 234 g/mol. The van der Waals surface area contributed by atoms with E-state index < -0.39 is 0 Å². The van der Waals surface area contributed by atoms with Gasteiger partial charge in [0.25, 0.3) is 0 Å². The molecule has 0 amide bonds. The summed E-state index contributed by atoms with van der Waals surface area (Å²) < 4.78 is 0. The summed E-state index contributed by atoms with van der Waals surface area (Å²) in [5, 5.41) is 3.53. The minimum absolute atomic E-state index is 0.347. The van der Waals surface area contributed by atoms with Gasteiger partial charge in [0.1, 0.15) is 0 Å². The Labute approximate surface area is 119 Å². The van der Waals surface area contributed by atoms with Gasteiger partial charge in [-0.05, 0) is 72.0 Å². The SMILES string of the molecule is CC(C)(C)N1CCN(CCCC2CCCNC2)CC1. The quantitative estimate of drug-likeness (QED) is 0.842. The molecule has 0 aromatic heterocycles. The van der Waals surface area contributed by atoms with Crippen LogP contribution in [0, 0.1) is 5.92 Å². The molecule has 2 rings (SSSR count). The zero-order chi connectivity index (χ0) is 13.7. The molecule has 2 heterocycles. The van der Waals surface area contributed by atoms with E-state index >= 15 is 0 Å². The first kappa shape index (κ1) is 15.3. The highest BCUT2D eigenvalue weighted by atomic mass is 15.3. The molecule has 2 aliphatic rings. The highest BCUT2D eigenvalue weighted by Crippen LogP contribution is 2.18. The van der Waals surface area contributed by atoms with Crippen LogP contribution in [0.1, 0.15) is 46.5 Å². The van der Waals surface area contributed by atoms with Crippen LogP contribution in [0.4, 0.5) is 0 Å². The van der Waals surface area contributed by atoms with Crippen LogP contribution in [0.2, 0.25) is 0 Å². The predicted molar refractivity (Wildman–Crippen MR) is 82.6 cm³/mol. The van der Waals surface area contributed by atoms with Crippen LogP contribution >= 0.6 is 0 Å². The molecular formula is C16H33N3. The van der Waals surface area contributed by atoms with E-state index in [9.17, 15) is 0 Å². The third-order valence-electron chi connectivity index (χ3n) is 4.81. The highest BCUT2D eigenvalue weighted by Gasteiger charge is 2.25. The Morgan fingerprint density at radius 1 is 1.11 bits per heavy atom. The smallest absolute Gasteiger partial charge is 0.0126 e. The van der Waals surface area contributed by atoms with Crippen molar-refractivity contribution in [2.75, 3.05) is 45.8 Å². The van der Waals surface area contributed by atoms with Gasteiger partial charge >= 0.3 is 0 Å². The van der Waals surface area contributed by atoms with E-state index in [-0.39, 0.29) is 0 Å². The van der Waals surface area contributed by atoms with Crippen molar-refractivity contribution in [3.05, 3.63) is 0 Å². The van der Waals surface area contributed by atoms with Gasteiger partial charge in [0.05, 0.1) is 0 Å². The van der Waals surface area contributed by atoms with Gasteiger partial charge in [-0.15, -0.1) is 0 Å². The number of piperidine rings is 1. The van der Waals surface area contributed by atoms with Gasteiger partial charge in [0, 0.05) is 31.7 Å². The van der Waals surface area contributed by atoms with Crippen molar-refractivity contribution in [2.24, 2.45) is 5.92 Å². The normalized spacial score (nSPS) is 27.6.